The first-order valence-electron chi connectivity index (χ1n) is 16.5. The van der Waals surface area contributed by atoms with Gasteiger partial charge in [-0.15, -0.1) is 0 Å². The van der Waals surface area contributed by atoms with E-state index >= 15 is 0 Å². The SMILES string of the molecule is C=C/C=C/CCCc1cccc(N(c2ccc(Br)cc2)c2ccc(N(c3ccc(Br)cc3)c3cccc(CCC/C=C/C=C)c3)cc2)c1. The van der Waals surface area contributed by atoms with Crippen LogP contribution in [0.25, 0.3) is 0 Å². The van der Waals surface area contributed by atoms with Crippen LogP contribution in [0, 0.1) is 0 Å². The summed E-state index contributed by atoms with van der Waals surface area (Å²) in [7, 11) is 0. The predicted octanol–water partition coefficient (Wildman–Crippen LogP) is 14.3. The number of halogens is 2. The summed E-state index contributed by atoms with van der Waals surface area (Å²) in [5.74, 6) is 0. The van der Waals surface area contributed by atoms with Crippen LogP contribution >= 0.6 is 31.9 Å². The van der Waals surface area contributed by atoms with Gasteiger partial charge in [-0.2, -0.15) is 0 Å². The van der Waals surface area contributed by atoms with E-state index in [1.807, 2.05) is 24.3 Å². The molecule has 0 aliphatic carbocycles. The fourth-order valence-electron chi connectivity index (χ4n) is 5.76. The fourth-order valence-corrected chi connectivity index (χ4v) is 6.29. The molecule has 0 saturated carbocycles. The van der Waals surface area contributed by atoms with E-state index in [2.05, 4.69) is 188 Å². The van der Waals surface area contributed by atoms with Crippen molar-refractivity contribution in [3.05, 3.63) is 191 Å². The van der Waals surface area contributed by atoms with Crippen molar-refractivity contribution in [2.75, 3.05) is 9.80 Å². The van der Waals surface area contributed by atoms with Crippen LogP contribution < -0.4 is 9.80 Å². The van der Waals surface area contributed by atoms with Gasteiger partial charge in [-0.25, -0.2) is 0 Å². The zero-order chi connectivity index (χ0) is 33.6. The molecule has 0 radical (unpaired) electrons. The van der Waals surface area contributed by atoms with Crippen molar-refractivity contribution in [3.63, 3.8) is 0 Å². The number of hydrogen-bond acceptors (Lipinski definition) is 2. The Morgan fingerprint density at radius 3 is 1.17 bits per heavy atom. The van der Waals surface area contributed by atoms with Crippen molar-refractivity contribution in [3.8, 4) is 0 Å². The van der Waals surface area contributed by atoms with E-state index in [9.17, 15) is 0 Å². The molecule has 0 aliphatic rings. The monoisotopic (exact) mass is 756 g/mol. The molecule has 2 nitrogen and oxygen atoms in total. The molecular weight excluding hydrogens is 716 g/mol. The molecule has 0 aliphatic heterocycles. The molecule has 0 bridgehead atoms. The van der Waals surface area contributed by atoms with Crippen molar-refractivity contribution >= 4 is 66.0 Å². The average molecular weight is 759 g/mol. The van der Waals surface area contributed by atoms with Gasteiger partial charge in [0.1, 0.15) is 0 Å². The third-order valence-electron chi connectivity index (χ3n) is 8.09. The average Bonchev–Trinajstić information content (AvgIpc) is 3.11. The maximum atomic E-state index is 3.78. The largest absolute Gasteiger partial charge is 0.310 e. The Hall–Kier alpha value is -4.38. The molecule has 5 rings (SSSR count). The van der Waals surface area contributed by atoms with Crippen LogP contribution in [0.5, 0.6) is 0 Å². The van der Waals surface area contributed by atoms with Crippen LogP contribution in [0.3, 0.4) is 0 Å². The molecule has 0 unspecified atom stereocenters. The molecule has 0 fully saturated rings. The number of anilines is 6. The first kappa shape index (κ1) is 34.9. The molecule has 242 valence electrons. The molecule has 0 amide bonds. The van der Waals surface area contributed by atoms with E-state index in [-0.39, 0.29) is 0 Å². The molecule has 4 heteroatoms. The van der Waals surface area contributed by atoms with Crippen molar-refractivity contribution in [1.29, 1.82) is 0 Å². The Labute approximate surface area is 303 Å². The lowest BCUT2D eigenvalue weighted by Crippen LogP contribution is -2.12. The smallest absolute Gasteiger partial charge is 0.0464 e. The molecule has 0 saturated heterocycles. The number of allylic oxidation sites excluding steroid dienone is 6. The maximum absolute atomic E-state index is 3.78. The number of hydrogen-bond donors (Lipinski definition) is 0. The first-order valence-corrected chi connectivity index (χ1v) is 18.1. The van der Waals surface area contributed by atoms with Gasteiger partial charge < -0.3 is 9.80 Å². The number of benzene rings is 5. The van der Waals surface area contributed by atoms with Crippen LogP contribution in [0.4, 0.5) is 34.1 Å². The van der Waals surface area contributed by atoms with Crippen molar-refractivity contribution in [2.45, 2.75) is 38.5 Å². The van der Waals surface area contributed by atoms with Crippen molar-refractivity contribution < 1.29 is 0 Å². The summed E-state index contributed by atoms with van der Waals surface area (Å²) in [6, 6.07) is 43.8. The van der Waals surface area contributed by atoms with E-state index < -0.39 is 0 Å². The minimum Gasteiger partial charge on any atom is -0.310 e. The summed E-state index contributed by atoms with van der Waals surface area (Å²) in [5, 5.41) is 0. The lowest BCUT2D eigenvalue weighted by molar-refractivity contribution is 0.843. The normalized spacial score (nSPS) is 11.2. The van der Waals surface area contributed by atoms with E-state index in [0.717, 1.165) is 81.6 Å². The highest BCUT2D eigenvalue weighted by molar-refractivity contribution is 9.10. The highest BCUT2D eigenvalue weighted by Gasteiger charge is 2.17. The molecule has 0 aromatic heterocycles. The zero-order valence-electron chi connectivity index (χ0n) is 27.3. The Bertz CT molecular complexity index is 1680. The molecule has 5 aromatic carbocycles. The Balaban J connectivity index is 1.48. The zero-order valence-corrected chi connectivity index (χ0v) is 30.5. The molecule has 0 spiro atoms. The molecule has 48 heavy (non-hydrogen) atoms. The van der Waals surface area contributed by atoms with Gasteiger partial charge in [0, 0.05) is 43.1 Å². The lowest BCUT2D eigenvalue weighted by Gasteiger charge is -2.29. The minimum atomic E-state index is 1.02. The third kappa shape index (κ3) is 9.82. The van der Waals surface area contributed by atoms with Crippen LogP contribution in [0.1, 0.15) is 36.8 Å². The Morgan fingerprint density at radius 1 is 0.458 bits per heavy atom. The number of nitrogens with zero attached hydrogens (tertiary/aromatic N) is 2. The lowest BCUT2D eigenvalue weighted by atomic mass is 10.1. The van der Waals surface area contributed by atoms with Gasteiger partial charge in [-0.3, -0.25) is 0 Å². The third-order valence-corrected chi connectivity index (χ3v) is 9.15. The van der Waals surface area contributed by atoms with Gasteiger partial charge >= 0.3 is 0 Å². The molecule has 0 heterocycles. The van der Waals surface area contributed by atoms with Crippen LogP contribution in [-0.2, 0) is 12.8 Å². The van der Waals surface area contributed by atoms with Gasteiger partial charge in [-0.05, 0) is 147 Å². The quantitative estimate of drug-likeness (QED) is 0.0730. The van der Waals surface area contributed by atoms with Gasteiger partial charge in [0.2, 0.25) is 0 Å². The van der Waals surface area contributed by atoms with Crippen LogP contribution in [0.15, 0.2) is 180 Å². The van der Waals surface area contributed by atoms with E-state index in [0.29, 0.717) is 0 Å². The number of unbranched alkanes of at least 4 members (excludes halogenated alkanes) is 2. The standard InChI is InChI=1S/C44H42Br2N2/c1-3-5-7-9-11-15-35-17-13-19-43(33-35)47(39-25-21-37(45)22-26-39)41-29-31-42(32-30-41)48(40-27-23-38(46)24-28-40)44-20-14-18-36(34-44)16-12-10-8-6-4-2/h3-8,13-14,17-34H,1-2,9-12,15-16H2/b7-5+,8-6+. The van der Waals surface area contributed by atoms with E-state index in [1.165, 1.54) is 11.1 Å². The predicted molar refractivity (Wildman–Crippen MR) is 216 cm³/mol. The highest BCUT2D eigenvalue weighted by Crippen LogP contribution is 2.40. The second-order valence-electron chi connectivity index (χ2n) is 11.6. The summed E-state index contributed by atoms with van der Waals surface area (Å²) in [5.41, 5.74) is 9.37. The van der Waals surface area contributed by atoms with Crippen LogP contribution in [0.2, 0.25) is 0 Å². The topological polar surface area (TPSA) is 6.48 Å². The van der Waals surface area contributed by atoms with Crippen molar-refractivity contribution in [2.24, 2.45) is 0 Å². The highest BCUT2D eigenvalue weighted by atomic mass is 79.9. The minimum absolute atomic E-state index is 1.02. The first-order chi connectivity index (χ1) is 23.6. The molecule has 5 aromatic rings. The Kier molecular flexibility index (Phi) is 13.3. The number of aryl methyl sites for hydroxylation is 2. The maximum Gasteiger partial charge on any atom is 0.0464 e. The van der Waals surface area contributed by atoms with Gasteiger partial charge in [-0.1, -0.05) is 106 Å². The van der Waals surface area contributed by atoms with Crippen molar-refractivity contribution in [1.82, 2.24) is 0 Å². The molecule has 0 atom stereocenters. The summed E-state index contributed by atoms with van der Waals surface area (Å²) in [6.45, 7) is 7.55. The van der Waals surface area contributed by atoms with Gasteiger partial charge in [0.05, 0.1) is 0 Å². The fraction of sp³-hybridized carbons (Fsp3) is 0.136. The van der Waals surface area contributed by atoms with E-state index in [1.54, 1.807) is 0 Å². The second kappa shape index (κ2) is 18.2. The Morgan fingerprint density at radius 2 is 0.812 bits per heavy atom. The summed E-state index contributed by atoms with van der Waals surface area (Å²) >= 11 is 7.25. The van der Waals surface area contributed by atoms with Gasteiger partial charge in [0.25, 0.3) is 0 Å². The summed E-state index contributed by atoms with van der Waals surface area (Å²) < 4.78 is 2.12. The summed E-state index contributed by atoms with van der Waals surface area (Å²) in [4.78, 5) is 4.67. The van der Waals surface area contributed by atoms with E-state index in [4.69, 9.17) is 0 Å². The summed E-state index contributed by atoms with van der Waals surface area (Å²) in [6.07, 6.45) is 18.4. The van der Waals surface area contributed by atoms with Gasteiger partial charge in [0.15, 0.2) is 0 Å². The van der Waals surface area contributed by atoms with Crippen LogP contribution in [-0.4, -0.2) is 0 Å². The second-order valence-corrected chi connectivity index (χ2v) is 13.4. The number of rotatable bonds is 16. The molecule has 0 N–H and O–H groups in total. The molecular formula is C44H42Br2N2.